The number of rotatable bonds is 8. The van der Waals surface area contributed by atoms with Crippen LogP contribution in [0.5, 0.6) is 0 Å². The molecule has 92 valence electrons. The van der Waals surface area contributed by atoms with Gasteiger partial charge in [0.05, 0.1) is 0 Å². The van der Waals surface area contributed by atoms with Gasteiger partial charge in [-0.1, -0.05) is 41.0 Å². The van der Waals surface area contributed by atoms with Gasteiger partial charge in [0.15, 0.2) is 0 Å². The second kappa shape index (κ2) is 8.15. The van der Waals surface area contributed by atoms with Crippen LogP contribution in [-0.4, -0.2) is 24.5 Å². The lowest BCUT2D eigenvalue weighted by Gasteiger charge is -2.28. The van der Waals surface area contributed by atoms with Gasteiger partial charge in [-0.25, -0.2) is 0 Å². The molecule has 0 heterocycles. The van der Waals surface area contributed by atoms with E-state index in [1.165, 1.54) is 32.2 Å². The smallest absolute Gasteiger partial charge is 0.00869 e. The summed E-state index contributed by atoms with van der Waals surface area (Å²) in [4.78, 5) is 2.54. The fraction of sp³-hybridized carbons (Fsp3) is 1.00. The second-order valence-corrected chi connectivity index (χ2v) is 5.10. The van der Waals surface area contributed by atoms with Crippen LogP contribution in [0.4, 0.5) is 0 Å². The number of hydrogen-bond acceptors (Lipinski definition) is 1. The van der Waals surface area contributed by atoms with Gasteiger partial charge < -0.3 is 4.90 Å². The maximum absolute atomic E-state index is 2.54. The molecule has 0 aromatic carbocycles. The van der Waals surface area contributed by atoms with Crippen molar-refractivity contribution in [3.63, 3.8) is 0 Å². The van der Waals surface area contributed by atoms with Gasteiger partial charge in [-0.15, -0.1) is 0 Å². The Labute approximate surface area is 97.2 Å². The minimum atomic E-state index is 0.786. The van der Waals surface area contributed by atoms with Crippen molar-refractivity contribution in [2.45, 2.75) is 66.3 Å². The van der Waals surface area contributed by atoms with E-state index in [2.05, 4.69) is 46.6 Å². The van der Waals surface area contributed by atoms with Crippen molar-refractivity contribution < 1.29 is 0 Å². The van der Waals surface area contributed by atoms with Crippen LogP contribution in [0, 0.1) is 11.8 Å². The second-order valence-electron chi connectivity index (χ2n) is 5.10. The molecule has 1 heteroatoms. The van der Waals surface area contributed by atoms with Gasteiger partial charge in [-0.3, -0.25) is 0 Å². The molecule has 0 saturated carbocycles. The highest BCUT2D eigenvalue weighted by Crippen LogP contribution is 2.19. The molecule has 0 aromatic rings. The van der Waals surface area contributed by atoms with E-state index in [9.17, 15) is 0 Å². The summed E-state index contributed by atoms with van der Waals surface area (Å²) in [6, 6.07) is 0.786. The lowest BCUT2D eigenvalue weighted by molar-refractivity contribution is 0.203. The molecule has 0 N–H and O–H groups in total. The highest BCUT2D eigenvalue weighted by atomic mass is 15.1. The van der Waals surface area contributed by atoms with Crippen LogP contribution in [0.15, 0.2) is 0 Å². The first-order valence-electron chi connectivity index (χ1n) is 6.76. The molecule has 0 amide bonds. The normalized spacial score (nSPS) is 16.0. The Morgan fingerprint density at radius 3 is 1.80 bits per heavy atom. The molecule has 2 unspecified atom stereocenters. The standard InChI is InChI=1S/C14H31N/c1-7-12(4)13(5)10-11-15(6)14(8-2)9-3/h12-14H,7-11H2,1-6H3. The third kappa shape index (κ3) is 5.55. The van der Waals surface area contributed by atoms with Crippen LogP contribution in [0.3, 0.4) is 0 Å². The fourth-order valence-electron chi connectivity index (χ4n) is 2.19. The summed E-state index contributed by atoms with van der Waals surface area (Å²) in [5.41, 5.74) is 0. The number of hydrogen-bond donors (Lipinski definition) is 0. The lowest BCUT2D eigenvalue weighted by Crippen LogP contribution is -2.32. The quantitative estimate of drug-likeness (QED) is 0.584. The van der Waals surface area contributed by atoms with Gasteiger partial charge in [0.25, 0.3) is 0 Å². The van der Waals surface area contributed by atoms with Crippen molar-refractivity contribution in [1.82, 2.24) is 4.90 Å². The molecule has 0 rings (SSSR count). The Hall–Kier alpha value is -0.0400. The molecule has 0 fully saturated rings. The van der Waals surface area contributed by atoms with Crippen LogP contribution < -0.4 is 0 Å². The predicted molar refractivity (Wildman–Crippen MR) is 70.2 cm³/mol. The molecule has 0 bridgehead atoms. The molecule has 0 aromatic heterocycles. The summed E-state index contributed by atoms with van der Waals surface area (Å²) in [5.74, 6) is 1.74. The molecule has 0 aliphatic carbocycles. The Morgan fingerprint density at radius 1 is 0.867 bits per heavy atom. The lowest BCUT2D eigenvalue weighted by atomic mass is 9.90. The van der Waals surface area contributed by atoms with Gasteiger partial charge in [0.2, 0.25) is 0 Å². The van der Waals surface area contributed by atoms with Crippen LogP contribution in [0.2, 0.25) is 0 Å². The topological polar surface area (TPSA) is 3.24 Å². The summed E-state index contributed by atoms with van der Waals surface area (Å²) in [6.45, 7) is 12.9. The Morgan fingerprint density at radius 2 is 1.40 bits per heavy atom. The van der Waals surface area contributed by atoms with Crippen LogP contribution in [0.25, 0.3) is 0 Å². The zero-order chi connectivity index (χ0) is 11.8. The van der Waals surface area contributed by atoms with E-state index in [-0.39, 0.29) is 0 Å². The summed E-state index contributed by atoms with van der Waals surface area (Å²) >= 11 is 0. The van der Waals surface area contributed by atoms with E-state index in [4.69, 9.17) is 0 Å². The maximum Gasteiger partial charge on any atom is 0.00869 e. The molecule has 0 aliphatic heterocycles. The molecule has 0 spiro atoms. The summed E-state index contributed by atoms with van der Waals surface area (Å²) < 4.78 is 0. The van der Waals surface area contributed by atoms with E-state index in [1.54, 1.807) is 0 Å². The molecule has 0 aliphatic rings. The van der Waals surface area contributed by atoms with E-state index in [0.29, 0.717) is 0 Å². The molecule has 15 heavy (non-hydrogen) atoms. The summed E-state index contributed by atoms with van der Waals surface area (Å²) in [5, 5.41) is 0. The van der Waals surface area contributed by atoms with Crippen molar-refractivity contribution in [3.05, 3.63) is 0 Å². The fourth-order valence-corrected chi connectivity index (χ4v) is 2.19. The highest BCUT2D eigenvalue weighted by Gasteiger charge is 2.14. The molecule has 0 saturated heterocycles. The zero-order valence-electron chi connectivity index (χ0n) is 11.7. The van der Waals surface area contributed by atoms with Crippen molar-refractivity contribution >= 4 is 0 Å². The van der Waals surface area contributed by atoms with Crippen molar-refractivity contribution in [2.75, 3.05) is 13.6 Å². The van der Waals surface area contributed by atoms with E-state index in [0.717, 1.165) is 17.9 Å². The molecule has 2 atom stereocenters. The first-order chi connectivity index (χ1) is 7.06. The average molecular weight is 213 g/mol. The third-order valence-corrected chi connectivity index (χ3v) is 4.12. The molecule has 1 nitrogen and oxygen atoms in total. The van der Waals surface area contributed by atoms with Crippen molar-refractivity contribution in [3.8, 4) is 0 Å². The van der Waals surface area contributed by atoms with E-state index in [1.807, 2.05) is 0 Å². The SMILES string of the molecule is CCC(C)C(C)CCN(C)C(CC)CC. The zero-order valence-corrected chi connectivity index (χ0v) is 11.7. The summed E-state index contributed by atoms with van der Waals surface area (Å²) in [7, 11) is 2.28. The first-order valence-corrected chi connectivity index (χ1v) is 6.76. The number of nitrogens with zero attached hydrogens (tertiary/aromatic N) is 1. The van der Waals surface area contributed by atoms with Gasteiger partial charge in [-0.2, -0.15) is 0 Å². The Bertz CT molecular complexity index is 140. The molecule has 0 radical (unpaired) electrons. The largest absolute Gasteiger partial charge is 0.303 e. The van der Waals surface area contributed by atoms with Crippen molar-refractivity contribution in [2.24, 2.45) is 11.8 Å². The van der Waals surface area contributed by atoms with Crippen molar-refractivity contribution in [1.29, 1.82) is 0 Å². The average Bonchev–Trinajstić information content (AvgIpc) is 2.26. The van der Waals surface area contributed by atoms with Gasteiger partial charge in [0, 0.05) is 6.04 Å². The monoisotopic (exact) mass is 213 g/mol. The summed E-state index contributed by atoms with van der Waals surface area (Å²) in [6.07, 6.45) is 5.23. The maximum atomic E-state index is 2.54. The van der Waals surface area contributed by atoms with Crippen LogP contribution >= 0.6 is 0 Å². The minimum absolute atomic E-state index is 0.786. The van der Waals surface area contributed by atoms with Gasteiger partial charge >= 0.3 is 0 Å². The molecular weight excluding hydrogens is 182 g/mol. The predicted octanol–water partition coefficient (Wildman–Crippen LogP) is 4.18. The Balaban J connectivity index is 3.83. The molecular formula is C14H31N. The minimum Gasteiger partial charge on any atom is -0.303 e. The highest BCUT2D eigenvalue weighted by molar-refractivity contribution is 4.68. The first kappa shape index (κ1) is 15.0. The van der Waals surface area contributed by atoms with Gasteiger partial charge in [0.1, 0.15) is 0 Å². The third-order valence-electron chi connectivity index (χ3n) is 4.12. The van der Waals surface area contributed by atoms with Gasteiger partial charge in [-0.05, 0) is 44.7 Å². The van der Waals surface area contributed by atoms with Crippen LogP contribution in [-0.2, 0) is 0 Å². The van der Waals surface area contributed by atoms with E-state index < -0.39 is 0 Å². The Kier molecular flexibility index (Phi) is 8.13. The van der Waals surface area contributed by atoms with Crippen LogP contribution in [0.1, 0.15) is 60.3 Å². The van der Waals surface area contributed by atoms with E-state index >= 15 is 0 Å².